The zero-order chi connectivity index (χ0) is 15.1. The first kappa shape index (κ1) is 16.0. The highest BCUT2D eigenvalue weighted by atomic mass is 32.1. The van der Waals surface area contributed by atoms with Gasteiger partial charge in [0, 0.05) is 29.6 Å². The highest BCUT2D eigenvalue weighted by Gasteiger charge is 2.12. The molecule has 0 amide bonds. The molecule has 1 atom stereocenters. The smallest absolute Gasteiger partial charge is 0.123 e. The third kappa shape index (κ3) is 4.56. The minimum Gasteiger partial charge on any atom is -0.493 e. The number of ether oxygens (including phenoxy) is 1. The standard InChI is InChI=1S/C17H24N2OS/c1-14(17-9-5-12-21-17)19(2)10-6-11-20-16-8-4-3-7-15(16)13-18/h3-5,7-9,12,14H,6,10-11,13,18H2,1-2H3. The minimum atomic E-state index is 0.460. The number of hydrogen-bond donors (Lipinski definition) is 1. The molecular formula is C17H24N2OS. The second-order valence-corrected chi connectivity index (χ2v) is 6.17. The van der Waals surface area contributed by atoms with E-state index in [4.69, 9.17) is 10.5 Å². The summed E-state index contributed by atoms with van der Waals surface area (Å²) in [5.74, 6) is 0.911. The molecule has 1 aromatic carbocycles. The molecule has 0 aliphatic rings. The average molecular weight is 304 g/mol. The Kier molecular flexibility index (Phi) is 6.23. The van der Waals surface area contributed by atoms with Crippen molar-refractivity contribution in [2.24, 2.45) is 5.73 Å². The van der Waals surface area contributed by atoms with Crippen LogP contribution in [0.25, 0.3) is 0 Å². The van der Waals surface area contributed by atoms with E-state index in [0.717, 1.165) is 30.9 Å². The molecule has 2 N–H and O–H groups in total. The lowest BCUT2D eigenvalue weighted by Crippen LogP contribution is -2.24. The SMILES string of the molecule is CC(c1cccs1)N(C)CCCOc1ccccc1CN. The van der Waals surface area contributed by atoms with Crippen molar-refractivity contribution >= 4 is 11.3 Å². The van der Waals surface area contributed by atoms with Crippen molar-refractivity contribution in [2.75, 3.05) is 20.2 Å². The van der Waals surface area contributed by atoms with Gasteiger partial charge in [0.05, 0.1) is 6.61 Å². The normalized spacial score (nSPS) is 12.6. The van der Waals surface area contributed by atoms with Crippen LogP contribution in [0.15, 0.2) is 41.8 Å². The van der Waals surface area contributed by atoms with Crippen LogP contribution in [0, 0.1) is 0 Å². The average Bonchev–Trinajstić information content (AvgIpc) is 3.05. The molecule has 0 aliphatic carbocycles. The highest BCUT2D eigenvalue weighted by Crippen LogP contribution is 2.23. The fraction of sp³-hybridized carbons (Fsp3) is 0.412. The van der Waals surface area contributed by atoms with Crippen LogP contribution in [0.2, 0.25) is 0 Å². The van der Waals surface area contributed by atoms with Gasteiger partial charge < -0.3 is 10.5 Å². The molecule has 0 aliphatic heterocycles. The molecule has 114 valence electrons. The predicted molar refractivity (Wildman–Crippen MR) is 89.8 cm³/mol. The molecule has 0 fully saturated rings. The zero-order valence-electron chi connectivity index (χ0n) is 12.8. The van der Waals surface area contributed by atoms with Gasteiger partial charge in [-0.05, 0) is 37.9 Å². The minimum absolute atomic E-state index is 0.460. The summed E-state index contributed by atoms with van der Waals surface area (Å²) in [5, 5.41) is 2.13. The topological polar surface area (TPSA) is 38.5 Å². The van der Waals surface area contributed by atoms with Gasteiger partial charge >= 0.3 is 0 Å². The van der Waals surface area contributed by atoms with E-state index < -0.39 is 0 Å². The van der Waals surface area contributed by atoms with Gasteiger partial charge in [0.2, 0.25) is 0 Å². The van der Waals surface area contributed by atoms with Crippen molar-refractivity contribution in [1.82, 2.24) is 4.90 Å². The molecule has 0 spiro atoms. The van der Waals surface area contributed by atoms with E-state index in [1.807, 2.05) is 35.6 Å². The van der Waals surface area contributed by atoms with Gasteiger partial charge in [-0.3, -0.25) is 4.90 Å². The number of hydrogen-bond acceptors (Lipinski definition) is 4. The summed E-state index contributed by atoms with van der Waals surface area (Å²) in [7, 11) is 2.16. The Morgan fingerprint density at radius 2 is 2.05 bits per heavy atom. The Hall–Kier alpha value is -1.36. The lowest BCUT2D eigenvalue weighted by molar-refractivity contribution is 0.227. The second kappa shape index (κ2) is 8.17. The van der Waals surface area contributed by atoms with Crippen molar-refractivity contribution < 1.29 is 4.74 Å². The van der Waals surface area contributed by atoms with Gasteiger partial charge in [0.25, 0.3) is 0 Å². The molecule has 0 bridgehead atoms. The highest BCUT2D eigenvalue weighted by molar-refractivity contribution is 7.10. The number of nitrogens with zero attached hydrogens (tertiary/aromatic N) is 1. The first-order valence-electron chi connectivity index (χ1n) is 7.36. The number of rotatable bonds is 8. The summed E-state index contributed by atoms with van der Waals surface area (Å²) in [6.45, 7) is 4.50. The van der Waals surface area contributed by atoms with Crippen LogP contribution in [0.4, 0.5) is 0 Å². The van der Waals surface area contributed by atoms with E-state index in [9.17, 15) is 0 Å². The van der Waals surface area contributed by atoms with E-state index in [-0.39, 0.29) is 0 Å². The largest absolute Gasteiger partial charge is 0.493 e. The maximum Gasteiger partial charge on any atom is 0.123 e. The van der Waals surface area contributed by atoms with Crippen molar-refractivity contribution in [2.45, 2.75) is 25.9 Å². The molecule has 1 aromatic heterocycles. The van der Waals surface area contributed by atoms with E-state index >= 15 is 0 Å². The molecule has 0 radical (unpaired) electrons. The number of thiophene rings is 1. The van der Waals surface area contributed by atoms with Gasteiger partial charge in [-0.2, -0.15) is 0 Å². The van der Waals surface area contributed by atoms with Crippen LogP contribution in [0.3, 0.4) is 0 Å². The number of benzene rings is 1. The van der Waals surface area contributed by atoms with Gasteiger partial charge in [-0.1, -0.05) is 24.3 Å². The molecule has 4 heteroatoms. The summed E-state index contributed by atoms with van der Waals surface area (Å²) in [6, 6.07) is 12.7. The summed E-state index contributed by atoms with van der Waals surface area (Å²) in [6.07, 6.45) is 1.01. The Morgan fingerprint density at radius 3 is 2.76 bits per heavy atom. The zero-order valence-corrected chi connectivity index (χ0v) is 13.6. The molecule has 0 saturated carbocycles. The van der Waals surface area contributed by atoms with Gasteiger partial charge in [0.1, 0.15) is 5.75 Å². The van der Waals surface area contributed by atoms with Crippen LogP contribution < -0.4 is 10.5 Å². The summed E-state index contributed by atoms with van der Waals surface area (Å²) in [4.78, 5) is 3.77. The van der Waals surface area contributed by atoms with Crippen LogP contribution in [-0.2, 0) is 6.54 Å². The summed E-state index contributed by atoms with van der Waals surface area (Å²) >= 11 is 1.81. The third-order valence-corrected chi connectivity index (χ3v) is 4.76. The van der Waals surface area contributed by atoms with Crippen molar-refractivity contribution in [3.63, 3.8) is 0 Å². The number of para-hydroxylation sites is 1. The Labute approximate surface area is 131 Å². The third-order valence-electron chi connectivity index (χ3n) is 3.72. The maximum atomic E-state index is 5.84. The lowest BCUT2D eigenvalue weighted by Gasteiger charge is -2.23. The molecule has 3 nitrogen and oxygen atoms in total. The Balaban J connectivity index is 1.74. The number of nitrogens with two attached hydrogens (primary N) is 1. The van der Waals surface area contributed by atoms with Crippen LogP contribution in [0.1, 0.15) is 29.8 Å². The molecule has 2 aromatic rings. The van der Waals surface area contributed by atoms with E-state index in [2.05, 4.69) is 36.4 Å². The molecule has 0 saturated heterocycles. The molecule has 2 rings (SSSR count). The van der Waals surface area contributed by atoms with Crippen LogP contribution >= 0.6 is 11.3 Å². The molecule has 1 unspecified atom stereocenters. The monoisotopic (exact) mass is 304 g/mol. The van der Waals surface area contributed by atoms with Gasteiger partial charge in [-0.15, -0.1) is 11.3 Å². The van der Waals surface area contributed by atoms with Gasteiger partial charge in [0.15, 0.2) is 0 Å². The van der Waals surface area contributed by atoms with E-state index in [1.54, 1.807) is 0 Å². The molecular weight excluding hydrogens is 280 g/mol. The first-order valence-corrected chi connectivity index (χ1v) is 8.24. The predicted octanol–water partition coefficient (Wildman–Crippen LogP) is 3.67. The van der Waals surface area contributed by atoms with E-state index in [0.29, 0.717) is 12.6 Å². The van der Waals surface area contributed by atoms with Gasteiger partial charge in [-0.25, -0.2) is 0 Å². The Morgan fingerprint density at radius 1 is 1.24 bits per heavy atom. The summed E-state index contributed by atoms with van der Waals surface area (Å²) < 4.78 is 5.84. The first-order chi connectivity index (χ1) is 10.2. The van der Waals surface area contributed by atoms with Crippen molar-refractivity contribution in [3.8, 4) is 5.75 Å². The van der Waals surface area contributed by atoms with E-state index in [1.165, 1.54) is 4.88 Å². The summed E-state index contributed by atoms with van der Waals surface area (Å²) in [5.41, 5.74) is 6.78. The van der Waals surface area contributed by atoms with Crippen molar-refractivity contribution in [1.29, 1.82) is 0 Å². The maximum absolute atomic E-state index is 5.84. The molecule has 21 heavy (non-hydrogen) atoms. The van der Waals surface area contributed by atoms with Crippen LogP contribution in [-0.4, -0.2) is 25.1 Å². The lowest BCUT2D eigenvalue weighted by atomic mass is 10.2. The quantitative estimate of drug-likeness (QED) is 0.756. The van der Waals surface area contributed by atoms with Crippen molar-refractivity contribution in [3.05, 3.63) is 52.2 Å². The van der Waals surface area contributed by atoms with Crippen LogP contribution in [0.5, 0.6) is 5.75 Å². The fourth-order valence-corrected chi connectivity index (χ4v) is 3.10. The Bertz CT molecular complexity index is 527. The molecule has 1 heterocycles. The second-order valence-electron chi connectivity index (χ2n) is 5.19. The fourth-order valence-electron chi connectivity index (χ4n) is 2.25.